The van der Waals surface area contributed by atoms with Crippen LogP contribution in [0.25, 0.3) is 11.3 Å². The zero-order valence-corrected chi connectivity index (χ0v) is 18.5. The molecule has 4 aliphatic rings. The number of benzene rings is 1. The average molecular weight is 490 g/mol. The van der Waals surface area contributed by atoms with E-state index < -0.39 is 17.8 Å². The Morgan fingerprint density at radius 1 is 1.21 bits per heavy atom. The van der Waals surface area contributed by atoms with Crippen LogP contribution in [0.15, 0.2) is 48.9 Å². The Labute approximate surface area is 197 Å². The van der Waals surface area contributed by atoms with Crippen molar-refractivity contribution >= 4 is 23.2 Å². The lowest BCUT2D eigenvalue weighted by Gasteiger charge is -2.70. The molecule has 176 valence electrons. The van der Waals surface area contributed by atoms with E-state index in [0.29, 0.717) is 28.6 Å². The largest absolute Gasteiger partial charge is 0.477 e. The number of anilines is 1. The number of hydrogen-bond acceptors (Lipinski definition) is 5. The zero-order chi connectivity index (χ0) is 23.7. The average Bonchev–Trinajstić information content (AvgIpc) is 3.24. The lowest BCUT2D eigenvalue weighted by molar-refractivity contribution is -0.163. The van der Waals surface area contributed by atoms with Gasteiger partial charge in [-0.3, -0.25) is 14.5 Å². The number of fused-ring (bicyclic) bond motifs is 1. The van der Waals surface area contributed by atoms with E-state index in [-0.39, 0.29) is 17.0 Å². The molecule has 0 spiro atoms. The highest BCUT2D eigenvalue weighted by Gasteiger charge is 2.70. The van der Waals surface area contributed by atoms with Crippen molar-refractivity contribution in [2.45, 2.75) is 42.6 Å². The van der Waals surface area contributed by atoms with Gasteiger partial charge >= 0.3 is 6.18 Å². The summed E-state index contributed by atoms with van der Waals surface area (Å²) in [7, 11) is 0. The summed E-state index contributed by atoms with van der Waals surface area (Å²) in [4.78, 5) is 16.8. The minimum Gasteiger partial charge on any atom is -0.477 e. The quantitative estimate of drug-likeness (QED) is 0.573. The number of halogens is 4. The summed E-state index contributed by atoms with van der Waals surface area (Å²) in [6, 6.07) is 7.57. The molecule has 3 heterocycles. The van der Waals surface area contributed by atoms with Crippen LogP contribution < -0.4 is 15.4 Å². The highest BCUT2D eigenvalue weighted by Crippen LogP contribution is 2.65. The molecule has 1 aromatic carbocycles. The van der Waals surface area contributed by atoms with Gasteiger partial charge in [0.2, 0.25) is 0 Å². The van der Waals surface area contributed by atoms with Gasteiger partial charge in [-0.25, -0.2) is 0 Å². The van der Waals surface area contributed by atoms with E-state index in [4.69, 9.17) is 16.3 Å². The van der Waals surface area contributed by atoms with Crippen molar-refractivity contribution in [1.82, 2.24) is 20.1 Å². The molecular weight excluding hydrogens is 471 g/mol. The molecule has 7 rings (SSSR count). The summed E-state index contributed by atoms with van der Waals surface area (Å²) in [5, 5.41) is 11.3. The molecule has 0 saturated heterocycles. The van der Waals surface area contributed by atoms with Gasteiger partial charge in [0.15, 0.2) is 6.10 Å². The Bertz CT molecular complexity index is 1270. The first-order valence-corrected chi connectivity index (χ1v) is 11.1. The van der Waals surface area contributed by atoms with Gasteiger partial charge in [0.05, 0.1) is 35.2 Å². The van der Waals surface area contributed by atoms with Crippen molar-refractivity contribution in [3.63, 3.8) is 0 Å². The second-order valence-corrected chi connectivity index (χ2v) is 9.69. The van der Waals surface area contributed by atoms with Crippen molar-refractivity contribution in [1.29, 1.82) is 0 Å². The monoisotopic (exact) mass is 489 g/mol. The Morgan fingerprint density at radius 2 is 2.00 bits per heavy atom. The van der Waals surface area contributed by atoms with Crippen LogP contribution in [0.4, 0.5) is 18.9 Å². The Hall–Kier alpha value is -3.27. The van der Waals surface area contributed by atoms with E-state index in [2.05, 4.69) is 20.7 Å². The summed E-state index contributed by atoms with van der Waals surface area (Å²) in [5.41, 5.74) is 0.587. The molecule has 2 aromatic heterocycles. The number of nitrogens with one attached hydrogen (secondary N) is 2. The molecule has 7 nitrogen and oxygen atoms in total. The maximum Gasteiger partial charge on any atom is 0.417 e. The van der Waals surface area contributed by atoms with Crippen LogP contribution in [0.5, 0.6) is 5.75 Å². The smallest absolute Gasteiger partial charge is 0.417 e. The van der Waals surface area contributed by atoms with Crippen LogP contribution in [0.2, 0.25) is 5.02 Å². The van der Waals surface area contributed by atoms with Crippen LogP contribution in [-0.4, -0.2) is 38.9 Å². The van der Waals surface area contributed by atoms with Crippen molar-refractivity contribution in [2.75, 3.05) is 11.9 Å². The number of pyridine rings is 1. The van der Waals surface area contributed by atoms with E-state index >= 15 is 0 Å². The molecular formula is C23H19ClF3N5O2. The first-order chi connectivity index (χ1) is 16.1. The lowest BCUT2D eigenvalue weighted by Crippen LogP contribution is -2.79. The third kappa shape index (κ3) is 3.39. The number of carbonyl (C=O) groups excluding carboxylic acids is 1. The lowest BCUT2D eigenvalue weighted by atomic mass is 9.44. The highest BCUT2D eigenvalue weighted by molar-refractivity contribution is 6.30. The molecule has 11 heteroatoms. The summed E-state index contributed by atoms with van der Waals surface area (Å²) < 4.78 is 46.0. The van der Waals surface area contributed by atoms with Crippen LogP contribution in [-0.2, 0) is 16.5 Å². The van der Waals surface area contributed by atoms with Gasteiger partial charge < -0.3 is 15.4 Å². The van der Waals surface area contributed by atoms with Gasteiger partial charge in [0.1, 0.15) is 5.75 Å². The number of aromatic nitrogens is 3. The van der Waals surface area contributed by atoms with Gasteiger partial charge in [-0.1, -0.05) is 11.6 Å². The predicted molar refractivity (Wildman–Crippen MR) is 118 cm³/mol. The first kappa shape index (κ1) is 21.3. The van der Waals surface area contributed by atoms with E-state index in [1.54, 1.807) is 30.6 Å². The summed E-state index contributed by atoms with van der Waals surface area (Å²) in [5.74, 6) is 0.419. The fraction of sp³-hybridized carbons (Fsp3) is 0.348. The number of alkyl halides is 3. The van der Waals surface area contributed by atoms with Crippen LogP contribution >= 0.6 is 11.6 Å². The highest BCUT2D eigenvalue weighted by atomic mass is 35.5. The summed E-state index contributed by atoms with van der Waals surface area (Å²) in [6.07, 6.45) is 1.38. The van der Waals surface area contributed by atoms with Gasteiger partial charge in [0, 0.05) is 28.5 Å². The number of amides is 1. The SMILES string of the molecule is O=C(NC12CC(n3cc(-c4ccc(C(F)(F)F)cn4)cn3)(C1)C2)[C@H]1CNc2cc(Cl)ccc2O1. The standard InChI is InChI=1S/C23H19ClF3N5O2/c24-15-2-4-18-17(5-15)29-8-19(34-18)20(33)31-21-10-22(11-21,12-21)32-9-13(6-30-32)16-3-1-14(7-28-16)23(25,26)27/h1-7,9,19,29H,8,10-12H2,(H,31,33)/t19-,21?,22?/m1/s1. The molecule has 3 saturated carbocycles. The van der Waals surface area contributed by atoms with Gasteiger partial charge in [-0.2, -0.15) is 18.3 Å². The topological polar surface area (TPSA) is 81.1 Å². The number of ether oxygens (including phenoxy) is 1. The van der Waals surface area contributed by atoms with Crippen molar-refractivity contribution in [3.05, 3.63) is 59.5 Å². The molecule has 3 aromatic rings. The zero-order valence-electron chi connectivity index (χ0n) is 17.7. The molecule has 1 atom stereocenters. The molecule has 2 N–H and O–H groups in total. The van der Waals surface area contributed by atoms with E-state index in [1.165, 1.54) is 6.07 Å². The third-order valence-electron chi connectivity index (χ3n) is 6.83. The number of carbonyl (C=O) groups is 1. The second kappa shape index (κ2) is 7.11. The van der Waals surface area contributed by atoms with Crippen LogP contribution in [0.3, 0.4) is 0 Å². The predicted octanol–water partition coefficient (Wildman–Crippen LogP) is 4.24. The van der Waals surface area contributed by atoms with E-state index in [9.17, 15) is 18.0 Å². The Balaban J connectivity index is 1.08. The fourth-order valence-corrected chi connectivity index (χ4v) is 5.36. The minimum atomic E-state index is -4.42. The first-order valence-electron chi connectivity index (χ1n) is 10.8. The molecule has 3 aliphatic carbocycles. The maximum absolute atomic E-state index is 12.8. The normalized spacial score (nSPS) is 26.9. The second-order valence-electron chi connectivity index (χ2n) is 9.26. The minimum absolute atomic E-state index is 0.170. The fourth-order valence-electron chi connectivity index (χ4n) is 5.19. The molecule has 1 aliphatic heterocycles. The van der Waals surface area contributed by atoms with Crippen molar-refractivity contribution in [3.8, 4) is 17.0 Å². The molecule has 2 bridgehead atoms. The van der Waals surface area contributed by atoms with E-state index in [1.807, 2.05) is 4.68 Å². The van der Waals surface area contributed by atoms with Gasteiger partial charge in [-0.15, -0.1) is 0 Å². The van der Waals surface area contributed by atoms with Gasteiger partial charge in [-0.05, 0) is 49.6 Å². The van der Waals surface area contributed by atoms with Gasteiger partial charge in [0.25, 0.3) is 5.91 Å². The number of hydrogen-bond donors (Lipinski definition) is 2. The molecule has 3 fully saturated rings. The summed E-state index contributed by atoms with van der Waals surface area (Å²) in [6.45, 7) is 0.350. The van der Waals surface area contributed by atoms with Crippen molar-refractivity contribution < 1.29 is 22.7 Å². The summed E-state index contributed by atoms with van der Waals surface area (Å²) >= 11 is 5.99. The maximum atomic E-state index is 12.8. The molecule has 34 heavy (non-hydrogen) atoms. The molecule has 0 radical (unpaired) electrons. The van der Waals surface area contributed by atoms with E-state index in [0.717, 1.165) is 37.2 Å². The molecule has 1 amide bonds. The Morgan fingerprint density at radius 3 is 2.71 bits per heavy atom. The molecule has 0 unspecified atom stereocenters. The van der Waals surface area contributed by atoms with Crippen LogP contribution in [0.1, 0.15) is 24.8 Å². The van der Waals surface area contributed by atoms with Crippen LogP contribution in [0, 0.1) is 0 Å². The third-order valence-corrected chi connectivity index (χ3v) is 7.06. The number of nitrogens with zero attached hydrogens (tertiary/aromatic N) is 3. The number of rotatable bonds is 4. The van der Waals surface area contributed by atoms with Crippen molar-refractivity contribution in [2.24, 2.45) is 0 Å². The Kier molecular flexibility index (Phi) is 4.45.